The molecule has 138 valence electrons. The zero-order valence-corrected chi connectivity index (χ0v) is 15.9. The van der Waals surface area contributed by atoms with Crippen LogP contribution in [0, 0.1) is 0 Å². The van der Waals surface area contributed by atoms with Crippen molar-refractivity contribution in [1.29, 1.82) is 0 Å². The van der Waals surface area contributed by atoms with E-state index in [1.807, 2.05) is 36.6 Å². The molecular formula is C18H22N4O3S. The lowest BCUT2D eigenvalue weighted by atomic mass is 10.1. The maximum Gasteiger partial charge on any atom is 0.354 e. The van der Waals surface area contributed by atoms with Gasteiger partial charge in [-0.05, 0) is 32.4 Å². The van der Waals surface area contributed by atoms with Gasteiger partial charge in [0.1, 0.15) is 5.71 Å². The van der Waals surface area contributed by atoms with Crippen LogP contribution in [0.4, 0.5) is 10.8 Å². The predicted molar refractivity (Wildman–Crippen MR) is 104 cm³/mol. The Balaban J connectivity index is 1.99. The fraction of sp³-hybridized carbons (Fsp3) is 0.333. The SMILES string of the molecule is CCCC(=O)Nc1ccc(-c2csc(N/N=C(\C)C(=O)OCC)n2)cc1. The number of rotatable bonds is 8. The number of ether oxygens (including phenoxy) is 1. The summed E-state index contributed by atoms with van der Waals surface area (Å²) in [6, 6.07) is 7.48. The lowest BCUT2D eigenvalue weighted by molar-refractivity contribution is -0.135. The van der Waals surface area contributed by atoms with Crippen molar-refractivity contribution in [3.05, 3.63) is 29.6 Å². The van der Waals surface area contributed by atoms with E-state index in [-0.39, 0.29) is 11.6 Å². The second-order valence-electron chi connectivity index (χ2n) is 5.44. The molecule has 1 aromatic carbocycles. The first-order chi connectivity index (χ1) is 12.5. The molecule has 2 rings (SSSR count). The molecule has 8 heteroatoms. The van der Waals surface area contributed by atoms with E-state index in [0.717, 1.165) is 23.4 Å². The fourth-order valence-electron chi connectivity index (χ4n) is 2.05. The quantitative estimate of drug-likeness (QED) is 0.415. The number of amides is 1. The van der Waals surface area contributed by atoms with Gasteiger partial charge in [-0.15, -0.1) is 11.3 Å². The van der Waals surface area contributed by atoms with Crippen LogP contribution in [0.1, 0.15) is 33.6 Å². The molecule has 1 heterocycles. The number of benzene rings is 1. The Hall–Kier alpha value is -2.74. The first-order valence-corrected chi connectivity index (χ1v) is 9.24. The minimum absolute atomic E-state index is 0.00947. The molecule has 1 amide bonds. The Morgan fingerprint density at radius 3 is 2.62 bits per heavy atom. The Labute approximate surface area is 156 Å². The van der Waals surface area contributed by atoms with Gasteiger partial charge in [0, 0.05) is 23.1 Å². The number of hydrazone groups is 1. The average molecular weight is 374 g/mol. The maximum atomic E-state index is 11.6. The van der Waals surface area contributed by atoms with Crippen LogP contribution < -0.4 is 10.7 Å². The molecule has 0 spiro atoms. The molecule has 26 heavy (non-hydrogen) atoms. The van der Waals surface area contributed by atoms with Gasteiger partial charge in [0.25, 0.3) is 0 Å². The first-order valence-electron chi connectivity index (χ1n) is 8.36. The number of thiazole rings is 1. The first kappa shape index (κ1) is 19.6. The van der Waals surface area contributed by atoms with Gasteiger partial charge < -0.3 is 10.1 Å². The summed E-state index contributed by atoms with van der Waals surface area (Å²) in [5, 5.41) is 9.29. The number of anilines is 2. The van der Waals surface area contributed by atoms with E-state index < -0.39 is 5.97 Å². The summed E-state index contributed by atoms with van der Waals surface area (Å²) in [5.74, 6) is -0.451. The van der Waals surface area contributed by atoms with Crippen LogP contribution in [0.25, 0.3) is 11.3 Å². The number of hydrogen-bond donors (Lipinski definition) is 2. The van der Waals surface area contributed by atoms with Crippen molar-refractivity contribution < 1.29 is 14.3 Å². The number of carbonyl (C=O) groups excluding carboxylic acids is 2. The average Bonchev–Trinajstić information content (AvgIpc) is 3.09. The highest BCUT2D eigenvalue weighted by atomic mass is 32.1. The van der Waals surface area contributed by atoms with Crippen molar-refractivity contribution in [2.45, 2.75) is 33.6 Å². The third kappa shape index (κ3) is 5.66. The molecule has 0 unspecified atom stereocenters. The van der Waals surface area contributed by atoms with Crippen LogP contribution in [0.15, 0.2) is 34.7 Å². The minimum atomic E-state index is -0.461. The highest BCUT2D eigenvalue weighted by molar-refractivity contribution is 7.14. The zero-order valence-electron chi connectivity index (χ0n) is 15.0. The molecule has 0 saturated heterocycles. The summed E-state index contributed by atoms with van der Waals surface area (Å²) in [5.41, 5.74) is 5.46. The van der Waals surface area contributed by atoms with Crippen molar-refractivity contribution in [3.8, 4) is 11.3 Å². The lowest BCUT2D eigenvalue weighted by Crippen LogP contribution is -2.15. The largest absolute Gasteiger partial charge is 0.461 e. The van der Waals surface area contributed by atoms with Gasteiger partial charge >= 0.3 is 5.97 Å². The molecule has 7 nitrogen and oxygen atoms in total. The van der Waals surface area contributed by atoms with Crippen LogP contribution >= 0.6 is 11.3 Å². The number of esters is 1. The minimum Gasteiger partial charge on any atom is -0.461 e. The Kier molecular flexibility index (Phi) is 7.28. The second-order valence-corrected chi connectivity index (χ2v) is 6.30. The summed E-state index contributed by atoms with van der Waals surface area (Å²) >= 11 is 1.38. The molecule has 2 N–H and O–H groups in total. The van der Waals surface area contributed by atoms with Crippen molar-refractivity contribution in [2.24, 2.45) is 5.10 Å². The van der Waals surface area contributed by atoms with E-state index in [1.165, 1.54) is 11.3 Å². The lowest BCUT2D eigenvalue weighted by Gasteiger charge is -2.05. The Bertz CT molecular complexity index is 784. The third-order valence-corrected chi connectivity index (χ3v) is 4.08. The second kappa shape index (κ2) is 9.67. The van der Waals surface area contributed by atoms with E-state index in [0.29, 0.717) is 18.2 Å². The Morgan fingerprint density at radius 2 is 1.96 bits per heavy atom. The van der Waals surface area contributed by atoms with Gasteiger partial charge in [-0.3, -0.25) is 10.2 Å². The summed E-state index contributed by atoms with van der Waals surface area (Å²) in [7, 11) is 0. The summed E-state index contributed by atoms with van der Waals surface area (Å²) in [6.45, 7) is 5.59. The van der Waals surface area contributed by atoms with Crippen LogP contribution in [0.2, 0.25) is 0 Å². The normalized spacial score (nSPS) is 11.1. The number of hydrogen-bond acceptors (Lipinski definition) is 7. The fourth-order valence-corrected chi connectivity index (χ4v) is 2.71. The van der Waals surface area contributed by atoms with Crippen molar-refractivity contribution >= 4 is 39.7 Å². The molecule has 0 aliphatic carbocycles. The van der Waals surface area contributed by atoms with E-state index >= 15 is 0 Å². The maximum absolute atomic E-state index is 11.6. The molecule has 0 aliphatic heterocycles. The van der Waals surface area contributed by atoms with Crippen LogP contribution in [-0.4, -0.2) is 29.2 Å². The van der Waals surface area contributed by atoms with E-state index in [2.05, 4.69) is 20.8 Å². The van der Waals surface area contributed by atoms with Gasteiger partial charge in [0.15, 0.2) is 0 Å². The van der Waals surface area contributed by atoms with E-state index in [1.54, 1.807) is 13.8 Å². The number of carbonyl (C=O) groups is 2. The molecule has 0 fully saturated rings. The molecule has 0 atom stereocenters. The molecule has 2 aromatic rings. The van der Waals surface area contributed by atoms with E-state index in [4.69, 9.17) is 4.74 Å². The van der Waals surface area contributed by atoms with Crippen molar-refractivity contribution in [3.63, 3.8) is 0 Å². The van der Waals surface area contributed by atoms with Crippen LogP contribution in [-0.2, 0) is 14.3 Å². The molecule has 0 saturated carbocycles. The smallest absolute Gasteiger partial charge is 0.354 e. The van der Waals surface area contributed by atoms with Gasteiger partial charge in [0.05, 0.1) is 12.3 Å². The van der Waals surface area contributed by atoms with Crippen molar-refractivity contribution in [1.82, 2.24) is 4.98 Å². The molecule has 1 aromatic heterocycles. The number of aromatic nitrogens is 1. The third-order valence-electron chi connectivity index (χ3n) is 3.34. The van der Waals surface area contributed by atoms with Gasteiger partial charge in [-0.1, -0.05) is 19.1 Å². The Morgan fingerprint density at radius 1 is 1.23 bits per heavy atom. The highest BCUT2D eigenvalue weighted by Gasteiger charge is 2.08. The molecule has 0 radical (unpaired) electrons. The molecular weight excluding hydrogens is 352 g/mol. The van der Waals surface area contributed by atoms with Gasteiger partial charge in [-0.25, -0.2) is 9.78 Å². The number of nitrogens with one attached hydrogen (secondary N) is 2. The zero-order chi connectivity index (χ0) is 18.9. The standard InChI is InChI=1S/C18H22N4O3S/c1-4-6-16(23)19-14-9-7-13(8-10-14)15-11-26-18(20-15)22-21-12(3)17(24)25-5-2/h7-11H,4-6H2,1-3H3,(H,19,23)(H,20,22)/b21-12+. The topological polar surface area (TPSA) is 92.7 Å². The van der Waals surface area contributed by atoms with Crippen LogP contribution in [0.3, 0.4) is 0 Å². The molecule has 0 aliphatic rings. The number of nitrogens with zero attached hydrogens (tertiary/aromatic N) is 2. The van der Waals surface area contributed by atoms with Gasteiger partial charge in [-0.2, -0.15) is 5.10 Å². The van der Waals surface area contributed by atoms with Crippen molar-refractivity contribution in [2.75, 3.05) is 17.3 Å². The van der Waals surface area contributed by atoms with E-state index in [9.17, 15) is 9.59 Å². The predicted octanol–water partition coefficient (Wildman–Crippen LogP) is 3.90. The summed E-state index contributed by atoms with van der Waals surface area (Å²) < 4.78 is 4.86. The highest BCUT2D eigenvalue weighted by Crippen LogP contribution is 2.26. The summed E-state index contributed by atoms with van der Waals surface area (Å²) in [6.07, 6.45) is 1.32. The summed E-state index contributed by atoms with van der Waals surface area (Å²) in [4.78, 5) is 27.6. The van der Waals surface area contributed by atoms with Gasteiger partial charge in [0.2, 0.25) is 11.0 Å². The molecule has 0 bridgehead atoms. The monoisotopic (exact) mass is 374 g/mol. The van der Waals surface area contributed by atoms with Crippen LogP contribution in [0.5, 0.6) is 0 Å².